The first-order chi connectivity index (χ1) is 17.9. The Morgan fingerprint density at radius 3 is 2.38 bits per heavy atom. The van der Waals surface area contributed by atoms with Gasteiger partial charge in [-0.25, -0.2) is 4.98 Å². The van der Waals surface area contributed by atoms with Gasteiger partial charge >= 0.3 is 0 Å². The summed E-state index contributed by atoms with van der Waals surface area (Å²) in [4.78, 5) is 32.8. The topological polar surface area (TPSA) is 79.8 Å². The number of hydrogen-bond acceptors (Lipinski definition) is 4. The highest BCUT2D eigenvalue weighted by atomic mass is 35.5. The molecule has 1 N–H and O–H groups in total. The van der Waals surface area contributed by atoms with Crippen molar-refractivity contribution in [1.82, 2.24) is 18.9 Å². The van der Waals surface area contributed by atoms with E-state index in [4.69, 9.17) is 16.6 Å². The largest absolute Gasteiger partial charge is 0.393 e. The second-order valence-electron chi connectivity index (χ2n) is 9.63. The summed E-state index contributed by atoms with van der Waals surface area (Å²) in [6, 6.07) is 16.5. The van der Waals surface area contributed by atoms with E-state index < -0.39 is 0 Å². The predicted molar refractivity (Wildman–Crippen MR) is 146 cm³/mol. The lowest BCUT2D eigenvalue weighted by atomic mass is 10.0. The van der Waals surface area contributed by atoms with Crippen molar-refractivity contribution in [3.05, 3.63) is 81.7 Å². The van der Waals surface area contributed by atoms with Crippen LogP contribution >= 0.6 is 11.6 Å². The minimum absolute atomic E-state index is 0.0323. The summed E-state index contributed by atoms with van der Waals surface area (Å²) in [7, 11) is 0. The molecule has 5 rings (SSSR count). The standard InChI is InChI=1S/C29H31ClN4O3/c1-2-3-4-15-33-26(21-5-7-22(8-6-21)28(37)32-16-13-24(35)14-17-32)18-27(36)34-19-25(31-29(33)34)20-9-11-23(30)12-10-20/h5-12,18-19,24,35H,2-4,13-17H2,1H3. The Bertz CT molecular complexity index is 1450. The first kappa shape index (κ1) is 25.2. The van der Waals surface area contributed by atoms with E-state index in [1.165, 1.54) is 0 Å². The van der Waals surface area contributed by atoms with Gasteiger partial charge in [-0.1, -0.05) is 55.6 Å². The Labute approximate surface area is 221 Å². The minimum atomic E-state index is -0.325. The molecule has 3 heterocycles. The van der Waals surface area contributed by atoms with E-state index in [0.717, 1.165) is 42.6 Å². The molecule has 0 atom stereocenters. The average Bonchev–Trinajstić information content (AvgIpc) is 3.37. The number of aliphatic hydroxyl groups excluding tert-OH is 1. The van der Waals surface area contributed by atoms with Crippen molar-refractivity contribution in [1.29, 1.82) is 0 Å². The van der Waals surface area contributed by atoms with Gasteiger partial charge in [-0.3, -0.25) is 14.0 Å². The highest BCUT2D eigenvalue weighted by Gasteiger charge is 2.22. The number of fused-ring (bicyclic) bond motifs is 1. The molecule has 1 fully saturated rings. The predicted octanol–water partition coefficient (Wildman–Crippen LogP) is 5.27. The normalized spacial score (nSPS) is 14.4. The maximum Gasteiger partial charge on any atom is 0.259 e. The van der Waals surface area contributed by atoms with E-state index >= 15 is 0 Å². The Kier molecular flexibility index (Phi) is 7.44. The Morgan fingerprint density at radius 1 is 1.03 bits per heavy atom. The molecule has 0 spiro atoms. The van der Waals surface area contributed by atoms with Crippen LogP contribution in [0.1, 0.15) is 49.4 Å². The molecule has 0 radical (unpaired) electrons. The third kappa shape index (κ3) is 5.33. The molecular formula is C29H31ClN4O3. The molecule has 7 nitrogen and oxygen atoms in total. The third-order valence-corrected chi connectivity index (χ3v) is 7.27. The van der Waals surface area contributed by atoms with E-state index in [2.05, 4.69) is 11.5 Å². The number of aliphatic hydroxyl groups is 1. The number of carbonyl (C=O) groups is 1. The van der Waals surface area contributed by atoms with E-state index in [1.807, 2.05) is 48.5 Å². The smallest absolute Gasteiger partial charge is 0.259 e. The maximum atomic E-state index is 13.2. The van der Waals surface area contributed by atoms with Crippen molar-refractivity contribution in [2.45, 2.75) is 51.7 Å². The molecule has 1 amide bonds. The molecule has 1 aliphatic heterocycles. The molecule has 2 aromatic carbocycles. The Morgan fingerprint density at radius 2 is 1.70 bits per heavy atom. The van der Waals surface area contributed by atoms with Gasteiger partial charge in [0.1, 0.15) is 0 Å². The van der Waals surface area contributed by atoms with E-state index in [1.54, 1.807) is 21.6 Å². The van der Waals surface area contributed by atoms with E-state index in [-0.39, 0.29) is 17.6 Å². The lowest BCUT2D eigenvalue weighted by Gasteiger charge is -2.29. The van der Waals surface area contributed by atoms with Crippen molar-refractivity contribution in [3.63, 3.8) is 0 Å². The van der Waals surface area contributed by atoms with Crippen LogP contribution in [0.4, 0.5) is 0 Å². The van der Waals surface area contributed by atoms with Crippen LogP contribution in [0.25, 0.3) is 28.3 Å². The van der Waals surface area contributed by atoms with Gasteiger partial charge < -0.3 is 14.6 Å². The first-order valence-corrected chi connectivity index (χ1v) is 13.3. The van der Waals surface area contributed by atoms with Crippen molar-refractivity contribution in [2.75, 3.05) is 13.1 Å². The van der Waals surface area contributed by atoms with Crippen LogP contribution in [0.2, 0.25) is 5.02 Å². The molecule has 4 aromatic rings. The molecule has 37 heavy (non-hydrogen) atoms. The average molecular weight is 519 g/mol. The van der Waals surface area contributed by atoms with Crippen molar-refractivity contribution < 1.29 is 9.90 Å². The number of rotatable bonds is 7. The van der Waals surface area contributed by atoms with Gasteiger partial charge in [0.05, 0.1) is 17.5 Å². The molecule has 2 aromatic heterocycles. The Balaban J connectivity index is 1.52. The van der Waals surface area contributed by atoms with Crippen LogP contribution in [0.3, 0.4) is 0 Å². The lowest BCUT2D eigenvalue weighted by Crippen LogP contribution is -2.40. The molecular weight excluding hydrogens is 488 g/mol. The third-order valence-electron chi connectivity index (χ3n) is 7.02. The monoisotopic (exact) mass is 518 g/mol. The summed E-state index contributed by atoms with van der Waals surface area (Å²) >= 11 is 6.05. The second-order valence-corrected chi connectivity index (χ2v) is 10.1. The number of hydrogen-bond donors (Lipinski definition) is 1. The molecule has 192 valence electrons. The zero-order chi connectivity index (χ0) is 25.9. The van der Waals surface area contributed by atoms with Crippen LogP contribution < -0.4 is 5.56 Å². The highest BCUT2D eigenvalue weighted by Crippen LogP contribution is 2.26. The van der Waals surface area contributed by atoms with Crippen LogP contribution in [-0.2, 0) is 6.54 Å². The van der Waals surface area contributed by atoms with E-state index in [0.29, 0.717) is 48.0 Å². The number of halogens is 1. The summed E-state index contributed by atoms with van der Waals surface area (Å²) in [5.74, 6) is 0.561. The number of benzene rings is 2. The summed E-state index contributed by atoms with van der Waals surface area (Å²) in [5.41, 5.74) is 3.69. The van der Waals surface area contributed by atoms with Gasteiger partial charge in [0.25, 0.3) is 11.5 Å². The SMILES string of the molecule is CCCCCn1c(-c2ccc(C(=O)N3CCC(O)CC3)cc2)cc(=O)n2cc(-c3ccc(Cl)cc3)nc12. The van der Waals surface area contributed by atoms with E-state index in [9.17, 15) is 14.7 Å². The molecule has 0 bridgehead atoms. The summed E-state index contributed by atoms with van der Waals surface area (Å²) in [6.45, 7) is 4.01. The summed E-state index contributed by atoms with van der Waals surface area (Å²) in [6.07, 6.45) is 5.78. The zero-order valence-corrected chi connectivity index (χ0v) is 21.7. The van der Waals surface area contributed by atoms with Crippen LogP contribution in [0.15, 0.2) is 65.6 Å². The van der Waals surface area contributed by atoms with Crippen LogP contribution in [-0.4, -0.2) is 49.1 Å². The van der Waals surface area contributed by atoms with Gasteiger partial charge in [-0.2, -0.15) is 0 Å². The minimum Gasteiger partial charge on any atom is -0.393 e. The molecule has 0 aliphatic carbocycles. The number of likely N-dealkylation sites (tertiary alicyclic amines) is 1. The number of aromatic nitrogens is 3. The summed E-state index contributed by atoms with van der Waals surface area (Å²) < 4.78 is 3.70. The fourth-order valence-corrected chi connectivity index (χ4v) is 5.00. The number of carbonyl (C=O) groups excluding carboxylic acids is 1. The molecule has 8 heteroatoms. The molecule has 0 saturated carbocycles. The molecule has 0 unspecified atom stereocenters. The van der Waals surface area contributed by atoms with Crippen LogP contribution in [0, 0.1) is 0 Å². The fourth-order valence-electron chi connectivity index (χ4n) is 4.87. The lowest BCUT2D eigenvalue weighted by molar-refractivity contribution is 0.0546. The second kappa shape index (κ2) is 10.9. The maximum absolute atomic E-state index is 13.2. The number of piperidine rings is 1. The van der Waals surface area contributed by atoms with Gasteiger partial charge in [0.2, 0.25) is 5.78 Å². The highest BCUT2D eigenvalue weighted by molar-refractivity contribution is 6.30. The quantitative estimate of drug-likeness (QED) is 0.338. The van der Waals surface area contributed by atoms with Crippen molar-refractivity contribution in [2.24, 2.45) is 0 Å². The van der Waals surface area contributed by atoms with Crippen molar-refractivity contribution >= 4 is 23.3 Å². The molecule has 1 aliphatic rings. The first-order valence-electron chi connectivity index (χ1n) is 12.9. The number of amides is 1. The number of unbranched alkanes of at least 4 members (excludes halogenated alkanes) is 2. The van der Waals surface area contributed by atoms with Crippen molar-refractivity contribution in [3.8, 4) is 22.5 Å². The summed E-state index contributed by atoms with van der Waals surface area (Å²) in [5, 5.41) is 10.4. The number of imidazole rings is 1. The number of aryl methyl sites for hydroxylation is 1. The fraction of sp³-hybridized carbons (Fsp3) is 0.345. The number of nitrogens with zero attached hydrogens (tertiary/aromatic N) is 4. The Hall–Kier alpha value is -3.42. The van der Waals surface area contributed by atoms with Gasteiger partial charge in [-0.15, -0.1) is 0 Å². The zero-order valence-electron chi connectivity index (χ0n) is 20.9. The molecule has 1 saturated heterocycles. The van der Waals surface area contributed by atoms with Gasteiger partial charge in [0.15, 0.2) is 0 Å². The van der Waals surface area contributed by atoms with Crippen LogP contribution in [0.5, 0.6) is 0 Å². The van der Waals surface area contributed by atoms with Gasteiger partial charge in [0, 0.05) is 48.0 Å². The van der Waals surface area contributed by atoms with Gasteiger partial charge in [-0.05, 0) is 49.1 Å².